The Hall–Kier alpha value is -1.60. The number of rotatable bonds is 7. The highest BCUT2D eigenvalue weighted by molar-refractivity contribution is 7.89. The quantitative estimate of drug-likeness (QED) is 0.654. The first-order valence-electron chi connectivity index (χ1n) is 7.00. The van der Waals surface area contributed by atoms with Crippen molar-refractivity contribution >= 4 is 21.6 Å². The number of nitrogen functional groups attached to an aromatic ring is 1. The van der Waals surface area contributed by atoms with Gasteiger partial charge in [-0.1, -0.05) is 19.9 Å². The first-order valence-corrected chi connectivity index (χ1v) is 8.48. The van der Waals surface area contributed by atoms with Crippen LogP contribution >= 0.6 is 0 Å². The molecular weight excluding hydrogens is 290 g/mol. The number of hydrogen-bond donors (Lipinski definition) is 3. The maximum atomic E-state index is 12.4. The van der Waals surface area contributed by atoms with Gasteiger partial charge in [0.1, 0.15) is 0 Å². The molecule has 0 heterocycles. The van der Waals surface area contributed by atoms with Gasteiger partial charge in [0.2, 0.25) is 15.9 Å². The molecule has 21 heavy (non-hydrogen) atoms. The molecule has 0 aromatic heterocycles. The molecule has 1 atom stereocenters. The van der Waals surface area contributed by atoms with Gasteiger partial charge in [-0.25, -0.2) is 8.42 Å². The second-order valence-corrected chi connectivity index (χ2v) is 6.54. The van der Waals surface area contributed by atoms with Crippen molar-refractivity contribution in [2.75, 3.05) is 12.3 Å². The van der Waals surface area contributed by atoms with E-state index >= 15 is 0 Å². The monoisotopic (exact) mass is 313 g/mol. The van der Waals surface area contributed by atoms with Crippen LogP contribution in [0.2, 0.25) is 0 Å². The van der Waals surface area contributed by atoms with Crippen molar-refractivity contribution in [3.63, 3.8) is 0 Å². The predicted octanol–water partition coefficient (Wildman–Crippen LogP) is 1.02. The van der Waals surface area contributed by atoms with Crippen molar-refractivity contribution in [1.82, 2.24) is 10.0 Å². The van der Waals surface area contributed by atoms with Gasteiger partial charge in [0.15, 0.2) is 0 Å². The lowest BCUT2D eigenvalue weighted by Gasteiger charge is -2.16. The number of benzene rings is 1. The van der Waals surface area contributed by atoms with Gasteiger partial charge in [-0.05, 0) is 37.5 Å². The number of hydrogen-bond acceptors (Lipinski definition) is 4. The molecule has 7 heteroatoms. The van der Waals surface area contributed by atoms with E-state index in [0.717, 1.165) is 6.42 Å². The number of carbonyl (C=O) groups is 1. The largest absolute Gasteiger partial charge is 0.399 e. The van der Waals surface area contributed by atoms with Gasteiger partial charge in [-0.15, -0.1) is 0 Å². The van der Waals surface area contributed by atoms with E-state index in [4.69, 9.17) is 5.73 Å². The zero-order chi connectivity index (χ0) is 16.0. The summed E-state index contributed by atoms with van der Waals surface area (Å²) in [7, 11) is -3.79. The van der Waals surface area contributed by atoms with Crippen LogP contribution in [0.4, 0.5) is 5.69 Å². The molecule has 1 aromatic carbocycles. The molecule has 0 radical (unpaired) electrons. The standard InChI is InChI=1S/C14H23N3O3S/c1-4-8-16-14(18)10(3)17-21(19,20)13-9-12(15)7-6-11(13)5-2/h6-7,9-10,17H,4-5,8,15H2,1-3H3,(H,16,18). The van der Waals surface area contributed by atoms with Crippen LogP contribution in [0.15, 0.2) is 23.1 Å². The summed E-state index contributed by atoms with van der Waals surface area (Å²) in [4.78, 5) is 11.9. The Bertz CT molecular complexity index is 599. The lowest BCUT2D eigenvalue weighted by Crippen LogP contribution is -2.45. The fraction of sp³-hybridized carbons (Fsp3) is 0.500. The SMILES string of the molecule is CCCNC(=O)C(C)NS(=O)(=O)c1cc(N)ccc1CC. The van der Waals surface area contributed by atoms with Crippen molar-refractivity contribution in [2.45, 2.75) is 44.6 Å². The van der Waals surface area contributed by atoms with Crippen molar-refractivity contribution in [3.8, 4) is 0 Å². The van der Waals surface area contributed by atoms with Gasteiger partial charge >= 0.3 is 0 Å². The highest BCUT2D eigenvalue weighted by Gasteiger charge is 2.23. The number of nitrogens with one attached hydrogen (secondary N) is 2. The third-order valence-electron chi connectivity index (χ3n) is 3.04. The number of nitrogens with two attached hydrogens (primary N) is 1. The molecule has 6 nitrogen and oxygen atoms in total. The third-order valence-corrected chi connectivity index (χ3v) is 4.66. The first-order chi connectivity index (χ1) is 9.81. The van der Waals surface area contributed by atoms with Crippen LogP contribution in [0.5, 0.6) is 0 Å². The van der Waals surface area contributed by atoms with E-state index in [1.165, 1.54) is 13.0 Å². The molecular formula is C14H23N3O3S. The predicted molar refractivity (Wildman–Crippen MR) is 83.3 cm³/mol. The fourth-order valence-corrected chi connectivity index (χ4v) is 3.41. The zero-order valence-corrected chi connectivity index (χ0v) is 13.5. The molecule has 0 fully saturated rings. The molecule has 1 aromatic rings. The summed E-state index contributed by atoms with van der Waals surface area (Å²) in [5, 5.41) is 2.66. The molecule has 0 aliphatic carbocycles. The van der Waals surface area contributed by atoms with Crippen LogP contribution in [-0.2, 0) is 21.2 Å². The molecule has 1 unspecified atom stereocenters. The van der Waals surface area contributed by atoms with Gasteiger partial charge in [-0.3, -0.25) is 4.79 Å². The summed E-state index contributed by atoms with van der Waals surface area (Å²) in [6.45, 7) is 5.82. The average molecular weight is 313 g/mol. The molecule has 0 bridgehead atoms. The third kappa shape index (κ3) is 4.71. The molecule has 0 spiro atoms. The van der Waals surface area contributed by atoms with Gasteiger partial charge in [0.25, 0.3) is 0 Å². The zero-order valence-electron chi connectivity index (χ0n) is 12.6. The maximum absolute atomic E-state index is 12.4. The van der Waals surface area contributed by atoms with E-state index in [1.807, 2.05) is 13.8 Å². The number of amides is 1. The molecule has 4 N–H and O–H groups in total. The van der Waals surface area contributed by atoms with Crippen LogP contribution < -0.4 is 15.8 Å². The summed E-state index contributed by atoms with van der Waals surface area (Å²) < 4.78 is 27.2. The number of sulfonamides is 1. The molecule has 0 aliphatic rings. The summed E-state index contributed by atoms with van der Waals surface area (Å²) in [5.74, 6) is -0.345. The molecule has 0 aliphatic heterocycles. The average Bonchev–Trinajstić information content (AvgIpc) is 2.44. The summed E-state index contributed by atoms with van der Waals surface area (Å²) in [5.41, 5.74) is 6.70. The van der Waals surface area contributed by atoms with Crippen molar-refractivity contribution in [3.05, 3.63) is 23.8 Å². The second kappa shape index (κ2) is 7.42. The van der Waals surface area contributed by atoms with E-state index in [1.54, 1.807) is 12.1 Å². The van der Waals surface area contributed by atoms with Crippen LogP contribution in [0.25, 0.3) is 0 Å². The molecule has 0 saturated heterocycles. The number of carbonyl (C=O) groups excluding carboxylic acids is 1. The summed E-state index contributed by atoms with van der Waals surface area (Å²) in [6, 6.07) is 3.92. The lowest BCUT2D eigenvalue weighted by molar-refractivity contribution is -0.122. The Balaban J connectivity index is 2.96. The number of aryl methyl sites for hydroxylation is 1. The normalized spacial score (nSPS) is 12.9. The Morgan fingerprint density at radius 3 is 2.57 bits per heavy atom. The minimum Gasteiger partial charge on any atom is -0.399 e. The maximum Gasteiger partial charge on any atom is 0.241 e. The van der Waals surface area contributed by atoms with Crippen LogP contribution in [0.1, 0.15) is 32.8 Å². The van der Waals surface area contributed by atoms with Gasteiger partial charge < -0.3 is 11.1 Å². The highest BCUT2D eigenvalue weighted by Crippen LogP contribution is 2.19. The molecule has 1 amide bonds. The molecule has 1 rings (SSSR count). The van der Waals surface area contributed by atoms with Crippen LogP contribution in [0, 0.1) is 0 Å². The Labute approximate surface area is 126 Å². The highest BCUT2D eigenvalue weighted by atomic mass is 32.2. The van der Waals surface area contributed by atoms with Crippen LogP contribution in [-0.4, -0.2) is 26.9 Å². The van der Waals surface area contributed by atoms with Gasteiger partial charge in [0, 0.05) is 12.2 Å². The first kappa shape index (κ1) is 17.5. The summed E-state index contributed by atoms with van der Waals surface area (Å²) >= 11 is 0. The smallest absolute Gasteiger partial charge is 0.241 e. The van der Waals surface area contributed by atoms with E-state index in [-0.39, 0.29) is 10.8 Å². The second-order valence-electron chi connectivity index (χ2n) is 4.85. The van der Waals surface area contributed by atoms with Crippen LogP contribution in [0.3, 0.4) is 0 Å². The molecule has 0 saturated carbocycles. The summed E-state index contributed by atoms with van der Waals surface area (Å²) in [6.07, 6.45) is 1.35. The Kier molecular flexibility index (Phi) is 6.17. The fourth-order valence-electron chi connectivity index (χ4n) is 1.86. The van der Waals surface area contributed by atoms with Crippen molar-refractivity contribution < 1.29 is 13.2 Å². The number of anilines is 1. The lowest BCUT2D eigenvalue weighted by atomic mass is 10.1. The minimum absolute atomic E-state index is 0.125. The van der Waals surface area contributed by atoms with Gasteiger partial charge in [0.05, 0.1) is 10.9 Å². The van der Waals surface area contributed by atoms with Gasteiger partial charge in [-0.2, -0.15) is 4.72 Å². The molecule has 118 valence electrons. The van der Waals surface area contributed by atoms with E-state index < -0.39 is 16.1 Å². The van der Waals surface area contributed by atoms with Crippen molar-refractivity contribution in [1.29, 1.82) is 0 Å². The topological polar surface area (TPSA) is 101 Å². The van der Waals surface area contributed by atoms with E-state index in [9.17, 15) is 13.2 Å². The van der Waals surface area contributed by atoms with Crippen molar-refractivity contribution in [2.24, 2.45) is 0 Å². The Morgan fingerprint density at radius 2 is 2.00 bits per heavy atom. The van der Waals surface area contributed by atoms with E-state index in [2.05, 4.69) is 10.0 Å². The Morgan fingerprint density at radius 1 is 1.33 bits per heavy atom. The minimum atomic E-state index is -3.79. The van der Waals surface area contributed by atoms with E-state index in [0.29, 0.717) is 24.2 Å².